The minimum absolute atomic E-state index is 0.451. The number of ether oxygens (including phenoxy) is 1. The predicted molar refractivity (Wildman–Crippen MR) is 79.0 cm³/mol. The van der Waals surface area contributed by atoms with Gasteiger partial charge in [-0.15, -0.1) is 0 Å². The molecule has 0 radical (unpaired) electrons. The van der Waals surface area contributed by atoms with Crippen molar-refractivity contribution in [1.29, 1.82) is 0 Å². The molecule has 5 heteroatoms. The van der Waals surface area contributed by atoms with Crippen molar-refractivity contribution in [3.63, 3.8) is 0 Å². The van der Waals surface area contributed by atoms with Gasteiger partial charge >= 0.3 is 0 Å². The monoisotopic (exact) mass is 274 g/mol. The summed E-state index contributed by atoms with van der Waals surface area (Å²) in [6.45, 7) is 8.98. The topological polar surface area (TPSA) is 52.0 Å². The molecule has 108 valence electrons. The molecule has 2 rings (SSSR count). The number of nitrogens with one attached hydrogen (secondary N) is 1. The third-order valence-electron chi connectivity index (χ3n) is 2.87. The summed E-state index contributed by atoms with van der Waals surface area (Å²) in [7, 11) is 1.86. The quantitative estimate of drug-likeness (QED) is 0.911. The highest BCUT2D eigenvalue weighted by Crippen LogP contribution is 2.21. The fraction of sp³-hybridized carbons (Fsp3) is 0.467. The average Bonchev–Trinajstić information content (AvgIpc) is 2.64. The Hall–Kier alpha value is -1.88. The zero-order valence-corrected chi connectivity index (χ0v) is 12.8. The molecule has 2 aromatic heterocycles. The van der Waals surface area contributed by atoms with Crippen LogP contribution in [0.1, 0.15) is 30.8 Å². The summed E-state index contributed by atoms with van der Waals surface area (Å²) in [4.78, 5) is 4.42. The van der Waals surface area contributed by atoms with Gasteiger partial charge < -0.3 is 10.1 Å². The van der Waals surface area contributed by atoms with Crippen molar-refractivity contribution in [2.45, 2.75) is 40.3 Å². The van der Waals surface area contributed by atoms with E-state index in [1.54, 1.807) is 4.68 Å². The number of aryl methyl sites for hydroxylation is 3. The largest absolute Gasteiger partial charge is 0.421 e. The molecular formula is C15H22N4O. The lowest BCUT2D eigenvalue weighted by Gasteiger charge is -2.11. The van der Waals surface area contributed by atoms with Crippen LogP contribution >= 0.6 is 0 Å². The number of pyridine rings is 1. The minimum Gasteiger partial charge on any atom is -0.421 e. The molecule has 0 atom stereocenters. The molecule has 2 heterocycles. The molecule has 0 spiro atoms. The molecule has 0 saturated carbocycles. The normalized spacial score (nSPS) is 11.1. The zero-order chi connectivity index (χ0) is 14.7. The molecule has 5 nitrogen and oxygen atoms in total. The SMILES string of the molecule is Cc1cc(CNC(C)C)cc(Oc2cc(C)nn2C)n1. The highest BCUT2D eigenvalue weighted by molar-refractivity contribution is 5.28. The van der Waals surface area contributed by atoms with Crippen LogP contribution in [0.4, 0.5) is 0 Å². The van der Waals surface area contributed by atoms with Crippen LogP contribution in [-0.4, -0.2) is 20.8 Å². The van der Waals surface area contributed by atoms with Gasteiger partial charge in [-0.3, -0.25) is 0 Å². The third kappa shape index (κ3) is 3.81. The molecule has 2 aromatic rings. The van der Waals surface area contributed by atoms with Gasteiger partial charge in [0.1, 0.15) is 0 Å². The van der Waals surface area contributed by atoms with Crippen molar-refractivity contribution >= 4 is 0 Å². The first-order valence-corrected chi connectivity index (χ1v) is 6.83. The Bertz CT molecular complexity index is 590. The Labute approximate surface area is 120 Å². The van der Waals surface area contributed by atoms with Gasteiger partial charge in [0.15, 0.2) is 0 Å². The van der Waals surface area contributed by atoms with Gasteiger partial charge in [-0.25, -0.2) is 9.67 Å². The van der Waals surface area contributed by atoms with Crippen molar-refractivity contribution in [1.82, 2.24) is 20.1 Å². The van der Waals surface area contributed by atoms with Crippen molar-refractivity contribution < 1.29 is 4.74 Å². The van der Waals surface area contributed by atoms with Gasteiger partial charge in [-0.1, -0.05) is 13.8 Å². The molecule has 20 heavy (non-hydrogen) atoms. The number of nitrogens with zero attached hydrogens (tertiary/aromatic N) is 3. The van der Waals surface area contributed by atoms with Gasteiger partial charge in [-0.05, 0) is 25.5 Å². The fourth-order valence-corrected chi connectivity index (χ4v) is 1.97. The van der Waals surface area contributed by atoms with E-state index in [-0.39, 0.29) is 0 Å². The summed E-state index contributed by atoms with van der Waals surface area (Å²) in [5.74, 6) is 1.30. The average molecular weight is 274 g/mol. The first-order chi connectivity index (χ1) is 9.44. The summed E-state index contributed by atoms with van der Waals surface area (Å²) in [5.41, 5.74) is 3.04. The van der Waals surface area contributed by atoms with E-state index in [1.165, 1.54) is 5.56 Å². The second-order valence-electron chi connectivity index (χ2n) is 5.34. The zero-order valence-electron chi connectivity index (χ0n) is 12.8. The summed E-state index contributed by atoms with van der Waals surface area (Å²) in [5, 5.41) is 7.66. The van der Waals surface area contributed by atoms with Crippen LogP contribution in [0.2, 0.25) is 0 Å². The number of hydrogen-bond donors (Lipinski definition) is 1. The van der Waals surface area contributed by atoms with Crippen LogP contribution in [0.5, 0.6) is 11.8 Å². The highest BCUT2D eigenvalue weighted by Gasteiger charge is 2.07. The van der Waals surface area contributed by atoms with Crippen LogP contribution in [0.25, 0.3) is 0 Å². The maximum absolute atomic E-state index is 5.82. The minimum atomic E-state index is 0.451. The molecule has 0 aromatic carbocycles. The van der Waals surface area contributed by atoms with E-state index in [2.05, 4.69) is 35.3 Å². The lowest BCUT2D eigenvalue weighted by molar-refractivity contribution is 0.413. The van der Waals surface area contributed by atoms with E-state index in [0.717, 1.165) is 17.9 Å². The van der Waals surface area contributed by atoms with Crippen molar-refractivity contribution in [2.75, 3.05) is 0 Å². The van der Waals surface area contributed by atoms with Crippen LogP contribution in [0.15, 0.2) is 18.2 Å². The van der Waals surface area contributed by atoms with Crippen LogP contribution < -0.4 is 10.1 Å². The summed E-state index contributed by atoms with van der Waals surface area (Å²) in [6.07, 6.45) is 0. The van der Waals surface area contributed by atoms with E-state index in [9.17, 15) is 0 Å². The van der Waals surface area contributed by atoms with E-state index in [1.807, 2.05) is 33.0 Å². The number of hydrogen-bond acceptors (Lipinski definition) is 4. The van der Waals surface area contributed by atoms with Crippen molar-refractivity contribution in [3.8, 4) is 11.8 Å². The Morgan fingerprint density at radius 2 is 1.95 bits per heavy atom. The van der Waals surface area contributed by atoms with Crippen LogP contribution in [-0.2, 0) is 13.6 Å². The lowest BCUT2D eigenvalue weighted by atomic mass is 10.2. The van der Waals surface area contributed by atoms with E-state index < -0.39 is 0 Å². The number of aromatic nitrogens is 3. The summed E-state index contributed by atoms with van der Waals surface area (Å²) < 4.78 is 7.53. The Morgan fingerprint density at radius 1 is 1.20 bits per heavy atom. The first-order valence-electron chi connectivity index (χ1n) is 6.83. The fourth-order valence-electron chi connectivity index (χ4n) is 1.97. The van der Waals surface area contributed by atoms with E-state index in [4.69, 9.17) is 4.74 Å². The van der Waals surface area contributed by atoms with E-state index >= 15 is 0 Å². The van der Waals surface area contributed by atoms with Crippen molar-refractivity contribution in [3.05, 3.63) is 35.2 Å². The van der Waals surface area contributed by atoms with Gasteiger partial charge in [0, 0.05) is 37.5 Å². The lowest BCUT2D eigenvalue weighted by Crippen LogP contribution is -2.21. The molecule has 0 aliphatic rings. The van der Waals surface area contributed by atoms with Gasteiger partial charge in [0.05, 0.1) is 5.69 Å². The smallest absolute Gasteiger partial charge is 0.221 e. The molecule has 0 aliphatic heterocycles. The standard InChI is InChI=1S/C15H22N4O/c1-10(2)16-9-13-6-11(3)17-14(8-13)20-15-7-12(4)18-19(15)5/h6-8,10,16H,9H2,1-5H3. The molecule has 0 amide bonds. The first kappa shape index (κ1) is 14.5. The Morgan fingerprint density at radius 3 is 2.55 bits per heavy atom. The predicted octanol–water partition coefficient (Wildman–Crippen LogP) is 2.72. The second-order valence-corrected chi connectivity index (χ2v) is 5.34. The Kier molecular flexibility index (Phi) is 4.39. The van der Waals surface area contributed by atoms with Crippen LogP contribution in [0.3, 0.4) is 0 Å². The molecule has 0 unspecified atom stereocenters. The summed E-state index contributed by atoms with van der Waals surface area (Å²) >= 11 is 0. The molecular weight excluding hydrogens is 252 g/mol. The molecule has 0 fully saturated rings. The van der Waals surface area contributed by atoms with Gasteiger partial charge in [0.25, 0.3) is 0 Å². The number of rotatable bonds is 5. The third-order valence-corrected chi connectivity index (χ3v) is 2.87. The van der Waals surface area contributed by atoms with Gasteiger partial charge in [0.2, 0.25) is 11.8 Å². The highest BCUT2D eigenvalue weighted by atomic mass is 16.5. The molecule has 0 saturated heterocycles. The van der Waals surface area contributed by atoms with E-state index in [0.29, 0.717) is 17.8 Å². The van der Waals surface area contributed by atoms with Gasteiger partial charge in [-0.2, -0.15) is 5.10 Å². The summed E-state index contributed by atoms with van der Waals surface area (Å²) in [6, 6.07) is 6.38. The maximum atomic E-state index is 5.82. The maximum Gasteiger partial charge on any atom is 0.221 e. The second kappa shape index (κ2) is 6.05. The van der Waals surface area contributed by atoms with Crippen LogP contribution in [0, 0.1) is 13.8 Å². The molecule has 0 aliphatic carbocycles. The Balaban J connectivity index is 2.17. The molecule has 0 bridgehead atoms. The van der Waals surface area contributed by atoms with Crippen molar-refractivity contribution in [2.24, 2.45) is 7.05 Å². The molecule has 1 N–H and O–H groups in total.